The highest BCUT2D eigenvalue weighted by molar-refractivity contribution is 5.93. The molecule has 0 aliphatic heterocycles. The van der Waals surface area contributed by atoms with Gasteiger partial charge in [-0.25, -0.2) is 4.39 Å². The fraction of sp³-hybridized carbons (Fsp3) is 0.111. The highest BCUT2D eigenvalue weighted by atomic mass is 19.1. The summed E-state index contributed by atoms with van der Waals surface area (Å²) in [5, 5.41) is 8.59. The number of hydrogen-bond acceptors (Lipinski definition) is 2. The Bertz CT molecular complexity index is 382. The van der Waals surface area contributed by atoms with Crippen LogP contribution in [0.4, 0.5) is 4.39 Å². The number of nitrogens with zero attached hydrogens (tertiary/aromatic N) is 1. The molecule has 0 aromatic heterocycles. The molecule has 1 amide bonds. The van der Waals surface area contributed by atoms with E-state index in [1.165, 1.54) is 18.2 Å². The molecule has 13 heavy (non-hydrogen) atoms. The standard InChI is InChI=1S/C9H7FN2O/c10-4-7-2-1-6(9(12)13)3-8(7)5-11/h1-3H,4H2,(H2,12,13). The number of rotatable bonds is 2. The molecule has 1 aromatic carbocycles. The number of primary amides is 1. The van der Waals surface area contributed by atoms with E-state index in [1.807, 2.05) is 0 Å². The van der Waals surface area contributed by atoms with Crippen molar-refractivity contribution in [2.45, 2.75) is 6.67 Å². The summed E-state index contributed by atoms with van der Waals surface area (Å²) in [7, 11) is 0. The van der Waals surface area contributed by atoms with Crippen LogP contribution in [0.25, 0.3) is 0 Å². The number of carbonyl (C=O) groups excluding carboxylic acids is 1. The molecule has 0 radical (unpaired) electrons. The van der Waals surface area contributed by atoms with Gasteiger partial charge in [0.25, 0.3) is 0 Å². The number of halogens is 1. The SMILES string of the molecule is N#Cc1cc(C(N)=O)ccc1CF. The Balaban J connectivity index is 3.23. The van der Waals surface area contributed by atoms with E-state index in [2.05, 4.69) is 0 Å². The summed E-state index contributed by atoms with van der Waals surface area (Å²) in [6.07, 6.45) is 0. The van der Waals surface area contributed by atoms with Gasteiger partial charge in [0.05, 0.1) is 11.6 Å². The van der Waals surface area contributed by atoms with Crippen molar-refractivity contribution < 1.29 is 9.18 Å². The molecular formula is C9H7FN2O. The van der Waals surface area contributed by atoms with Crippen LogP contribution in [0, 0.1) is 11.3 Å². The lowest BCUT2D eigenvalue weighted by molar-refractivity contribution is 0.1000. The van der Waals surface area contributed by atoms with Crippen LogP contribution in [0.5, 0.6) is 0 Å². The summed E-state index contributed by atoms with van der Waals surface area (Å²) in [5.41, 5.74) is 5.63. The molecular weight excluding hydrogens is 171 g/mol. The van der Waals surface area contributed by atoms with Crippen molar-refractivity contribution in [3.63, 3.8) is 0 Å². The van der Waals surface area contributed by atoms with Crippen molar-refractivity contribution in [3.8, 4) is 6.07 Å². The predicted molar refractivity (Wildman–Crippen MR) is 44.5 cm³/mol. The molecule has 0 unspecified atom stereocenters. The van der Waals surface area contributed by atoms with E-state index in [4.69, 9.17) is 11.0 Å². The van der Waals surface area contributed by atoms with E-state index in [0.717, 1.165) is 0 Å². The van der Waals surface area contributed by atoms with Crippen LogP contribution in [0.2, 0.25) is 0 Å². The molecule has 0 saturated carbocycles. The first-order valence-corrected chi connectivity index (χ1v) is 3.58. The van der Waals surface area contributed by atoms with Crippen molar-refractivity contribution in [2.24, 2.45) is 5.73 Å². The molecule has 0 fully saturated rings. The van der Waals surface area contributed by atoms with Gasteiger partial charge in [0.15, 0.2) is 0 Å². The molecule has 1 aromatic rings. The third kappa shape index (κ3) is 1.82. The fourth-order valence-corrected chi connectivity index (χ4v) is 0.950. The molecule has 2 N–H and O–H groups in total. The lowest BCUT2D eigenvalue weighted by Crippen LogP contribution is -2.11. The fourth-order valence-electron chi connectivity index (χ4n) is 0.950. The number of benzene rings is 1. The molecule has 0 spiro atoms. The van der Waals surface area contributed by atoms with Crippen LogP contribution in [-0.4, -0.2) is 5.91 Å². The van der Waals surface area contributed by atoms with Gasteiger partial charge in [-0.2, -0.15) is 5.26 Å². The van der Waals surface area contributed by atoms with Crippen LogP contribution >= 0.6 is 0 Å². The van der Waals surface area contributed by atoms with E-state index < -0.39 is 12.6 Å². The molecule has 0 bridgehead atoms. The minimum atomic E-state index is -0.720. The van der Waals surface area contributed by atoms with Crippen molar-refractivity contribution >= 4 is 5.91 Å². The second-order valence-corrected chi connectivity index (χ2v) is 2.48. The van der Waals surface area contributed by atoms with Gasteiger partial charge in [0.2, 0.25) is 5.91 Å². The number of nitrogens with two attached hydrogens (primary N) is 1. The van der Waals surface area contributed by atoms with Crippen molar-refractivity contribution in [2.75, 3.05) is 0 Å². The van der Waals surface area contributed by atoms with Crippen molar-refractivity contribution in [1.29, 1.82) is 5.26 Å². The minimum Gasteiger partial charge on any atom is -0.366 e. The summed E-state index contributed by atoms with van der Waals surface area (Å²) in [4.78, 5) is 10.7. The number of amides is 1. The normalized spacial score (nSPS) is 9.23. The van der Waals surface area contributed by atoms with E-state index in [1.54, 1.807) is 6.07 Å². The number of nitriles is 1. The van der Waals surface area contributed by atoms with Gasteiger partial charge in [-0.3, -0.25) is 4.79 Å². The average Bonchev–Trinajstić information content (AvgIpc) is 2.16. The molecule has 0 saturated heterocycles. The molecule has 0 atom stereocenters. The van der Waals surface area contributed by atoms with Gasteiger partial charge in [-0.05, 0) is 12.1 Å². The summed E-state index contributed by atoms with van der Waals surface area (Å²) in [5.74, 6) is -0.623. The molecule has 1 rings (SSSR count). The monoisotopic (exact) mass is 178 g/mol. The Morgan fingerprint density at radius 2 is 2.31 bits per heavy atom. The van der Waals surface area contributed by atoms with Crippen LogP contribution in [0.1, 0.15) is 21.5 Å². The van der Waals surface area contributed by atoms with Crippen LogP contribution < -0.4 is 5.73 Å². The molecule has 3 nitrogen and oxygen atoms in total. The zero-order chi connectivity index (χ0) is 9.84. The Morgan fingerprint density at radius 1 is 1.62 bits per heavy atom. The highest BCUT2D eigenvalue weighted by Gasteiger charge is 2.05. The van der Waals surface area contributed by atoms with Crippen LogP contribution in [0.3, 0.4) is 0 Å². The topological polar surface area (TPSA) is 66.9 Å². The summed E-state index contributed by atoms with van der Waals surface area (Å²) >= 11 is 0. The van der Waals surface area contributed by atoms with Gasteiger partial charge >= 0.3 is 0 Å². The maximum atomic E-state index is 12.2. The smallest absolute Gasteiger partial charge is 0.248 e. The van der Waals surface area contributed by atoms with Gasteiger partial charge in [0, 0.05) is 11.1 Å². The average molecular weight is 178 g/mol. The van der Waals surface area contributed by atoms with E-state index in [9.17, 15) is 9.18 Å². The zero-order valence-electron chi connectivity index (χ0n) is 6.75. The van der Waals surface area contributed by atoms with Crippen LogP contribution in [-0.2, 0) is 6.67 Å². The Kier molecular flexibility index (Phi) is 2.60. The van der Waals surface area contributed by atoms with Gasteiger partial charge in [-0.1, -0.05) is 6.07 Å². The quantitative estimate of drug-likeness (QED) is 0.737. The van der Waals surface area contributed by atoms with Crippen molar-refractivity contribution in [3.05, 3.63) is 34.9 Å². The summed E-state index contributed by atoms with van der Waals surface area (Å²) < 4.78 is 12.2. The lowest BCUT2D eigenvalue weighted by Gasteiger charge is -2.00. The Hall–Kier alpha value is -1.89. The van der Waals surface area contributed by atoms with Crippen molar-refractivity contribution in [1.82, 2.24) is 0 Å². The molecule has 0 heterocycles. The van der Waals surface area contributed by atoms with Gasteiger partial charge in [-0.15, -0.1) is 0 Å². The van der Waals surface area contributed by atoms with Gasteiger partial charge < -0.3 is 5.73 Å². The predicted octanol–water partition coefficient (Wildman–Crippen LogP) is 1.13. The minimum absolute atomic E-state index is 0.152. The summed E-state index contributed by atoms with van der Waals surface area (Å²) in [6.45, 7) is -0.720. The Labute approximate surface area is 74.6 Å². The second-order valence-electron chi connectivity index (χ2n) is 2.48. The van der Waals surface area contributed by atoms with E-state index in [0.29, 0.717) is 0 Å². The maximum Gasteiger partial charge on any atom is 0.248 e. The van der Waals surface area contributed by atoms with E-state index >= 15 is 0 Å². The first-order chi connectivity index (χ1) is 6.19. The largest absolute Gasteiger partial charge is 0.366 e. The third-order valence-corrected chi connectivity index (χ3v) is 1.66. The second kappa shape index (κ2) is 3.68. The number of alkyl halides is 1. The van der Waals surface area contributed by atoms with Gasteiger partial charge in [0.1, 0.15) is 6.67 Å². The maximum absolute atomic E-state index is 12.2. The molecule has 0 aliphatic carbocycles. The van der Waals surface area contributed by atoms with E-state index in [-0.39, 0.29) is 16.7 Å². The van der Waals surface area contributed by atoms with Crippen LogP contribution in [0.15, 0.2) is 18.2 Å². The Morgan fingerprint density at radius 3 is 2.77 bits per heavy atom. The third-order valence-electron chi connectivity index (χ3n) is 1.66. The highest BCUT2D eigenvalue weighted by Crippen LogP contribution is 2.11. The molecule has 66 valence electrons. The number of hydrogen-bond donors (Lipinski definition) is 1. The lowest BCUT2D eigenvalue weighted by atomic mass is 10.1. The molecule has 4 heteroatoms. The zero-order valence-corrected chi connectivity index (χ0v) is 6.75. The first kappa shape index (κ1) is 9.20. The summed E-state index contributed by atoms with van der Waals surface area (Å²) in [6, 6.07) is 5.87. The number of carbonyl (C=O) groups is 1. The first-order valence-electron chi connectivity index (χ1n) is 3.58. The molecule has 0 aliphatic rings.